The maximum absolute atomic E-state index is 6.23. The third kappa shape index (κ3) is 2.95. The Morgan fingerprint density at radius 2 is 1.50 bits per heavy atom. The summed E-state index contributed by atoms with van der Waals surface area (Å²) in [5, 5.41) is 0. The molecular weight excluding hydrogens is 218 g/mol. The van der Waals surface area contributed by atoms with Crippen molar-refractivity contribution in [3.8, 4) is 0 Å². The summed E-state index contributed by atoms with van der Waals surface area (Å²) in [4.78, 5) is 0. The van der Waals surface area contributed by atoms with E-state index in [0.29, 0.717) is 5.41 Å². The standard InChI is InChI=1S/C17H27N/c1-15(2,3)12-16(4,5)13-6-8-14(9-7-13)17(18)10-11-17/h6-9H,10-12,18H2,1-5H3. The molecule has 0 bridgehead atoms. The fraction of sp³-hybridized carbons (Fsp3) is 0.647. The number of benzene rings is 1. The molecule has 1 aromatic carbocycles. The summed E-state index contributed by atoms with van der Waals surface area (Å²) in [6, 6.07) is 9.00. The van der Waals surface area contributed by atoms with Crippen molar-refractivity contribution in [1.29, 1.82) is 0 Å². The largest absolute Gasteiger partial charge is 0.321 e. The van der Waals surface area contributed by atoms with Gasteiger partial charge in [-0.1, -0.05) is 58.9 Å². The molecule has 0 aliphatic heterocycles. The van der Waals surface area contributed by atoms with E-state index < -0.39 is 0 Å². The zero-order valence-electron chi connectivity index (χ0n) is 12.5. The minimum Gasteiger partial charge on any atom is -0.321 e. The Labute approximate surface area is 112 Å². The highest BCUT2D eigenvalue weighted by molar-refractivity contribution is 5.34. The van der Waals surface area contributed by atoms with Gasteiger partial charge < -0.3 is 5.73 Å². The van der Waals surface area contributed by atoms with Crippen LogP contribution in [0.1, 0.15) is 65.0 Å². The van der Waals surface area contributed by atoms with Gasteiger partial charge in [-0.25, -0.2) is 0 Å². The van der Waals surface area contributed by atoms with E-state index in [2.05, 4.69) is 58.9 Å². The van der Waals surface area contributed by atoms with Gasteiger partial charge in [0.1, 0.15) is 0 Å². The van der Waals surface area contributed by atoms with E-state index in [9.17, 15) is 0 Å². The lowest BCUT2D eigenvalue weighted by molar-refractivity contribution is 0.284. The molecule has 1 aromatic rings. The summed E-state index contributed by atoms with van der Waals surface area (Å²) in [6.07, 6.45) is 3.46. The fourth-order valence-corrected chi connectivity index (χ4v) is 3.10. The molecule has 0 aromatic heterocycles. The van der Waals surface area contributed by atoms with Crippen LogP contribution in [-0.4, -0.2) is 0 Å². The molecule has 0 heterocycles. The first kappa shape index (κ1) is 13.6. The quantitative estimate of drug-likeness (QED) is 0.842. The molecule has 18 heavy (non-hydrogen) atoms. The minimum atomic E-state index is -0.00724. The second-order valence-corrected chi connectivity index (χ2v) is 7.85. The lowest BCUT2D eigenvalue weighted by Gasteiger charge is -2.33. The molecule has 100 valence electrons. The van der Waals surface area contributed by atoms with Crippen molar-refractivity contribution in [3.63, 3.8) is 0 Å². The van der Waals surface area contributed by atoms with E-state index in [0.717, 1.165) is 12.8 Å². The highest BCUT2D eigenvalue weighted by Crippen LogP contribution is 2.43. The lowest BCUT2D eigenvalue weighted by Crippen LogP contribution is -2.25. The number of hydrogen-bond donors (Lipinski definition) is 1. The van der Waals surface area contributed by atoms with E-state index in [1.165, 1.54) is 17.5 Å². The minimum absolute atomic E-state index is 0.00724. The van der Waals surface area contributed by atoms with Gasteiger partial charge in [-0.15, -0.1) is 0 Å². The van der Waals surface area contributed by atoms with Crippen LogP contribution in [0.3, 0.4) is 0 Å². The fourth-order valence-electron chi connectivity index (χ4n) is 3.10. The first-order valence-electron chi connectivity index (χ1n) is 7.02. The Balaban J connectivity index is 2.18. The molecule has 1 aliphatic rings. The highest BCUT2D eigenvalue weighted by atomic mass is 14.8. The van der Waals surface area contributed by atoms with Gasteiger partial charge in [0.15, 0.2) is 0 Å². The van der Waals surface area contributed by atoms with Crippen LogP contribution in [0.4, 0.5) is 0 Å². The molecule has 0 atom stereocenters. The van der Waals surface area contributed by atoms with Crippen LogP contribution in [0, 0.1) is 5.41 Å². The summed E-state index contributed by atoms with van der Waals surface area (Å²) in [5.41, 5.74) is 9.53. The van der Waals surface area contributed by atoms with Crippen LogP contribution in [0.15, 0.2) is 24.3 Å². The van der Waals surface area contributed by atoms with Crippen molar-refractivity contribution in [1.82, 2.24) is 0 Å². The molecule has 2 N–H and O–H groups in total. The van der Waals surface area contributed by atoms with E-state index in [-0.39, 0.29) is 11.0 Å². The summed E-state index contributed by atoms with van der Waals surface area (Å²) >= 11 is 0. The van der Waals surface area contributed by atoms with Gasteiger partial charge in [0.25, 0.3) is 0 Å². The molecule has 0 saturated heterocycles. The van der Waals surface area contributed by atoms with E-state index in [4.69, 9.17) is 5.73 Å². The van der Waals surface area contributed by atoms with Crippen molar-refractivity contribution in [3.05, 3.63) is 35.4 Å². The number of nitrogens with two attached hydrogens (primary N) is 1. The van der Waals surface area contributed by atoms with Gasteiger partial charge in [0.05, 0.1) is 0 Å². The summed E-state index contributed by atoms with van der Waals surface area (Å²) in [6.45, 7) is 11.6. The lowest BCUT2D eigenvalue weighted by atomic mass is 9.72. The summed E-state index contributed by atoms with van der Waals surface area (Å²) in [7, 11) is 0. The van der Waals surface area contributed by atoms with Crippen LogP contribution in [0.25, 0.3) is 0 Å². The van der Waals surface area contributed by atoms with Crippen molar-refractivity contribution >= 4 is 0 Å². The first-order chi connectivity index (χ1) is 8.12. The molecule has 1 fully saturated rings. The Morgan fingerprint density at radius 1 is 1.00 bits per heavy atom. The topological polar surface area (TPSA) is 26.0 Å². The average Bonchev–Trinajstić information content (AvgIpc) is 2.95. The van der Waals surface area contributed by atoms with Crippen LogP contribution < -0.4 is 5.73 Å². The van der Waals surface area contributed by atoms with Crippen molar-refractivity contribution in [2.75, 3.05) is 0 Å². The maximum Gasteiger partial charge on any atom is 0.0411 e. The predicted molar refractivity (Wildman–Crippen MR) is 78.6 cm³/mol. The van der Waals surface area contributed by atoms with Gasteiger partial charge >= 0.3 is 0 Å². The van der Waals surface area contributed by atoms with E-state index in [1.54, 1.807) is 0 Å². The van der Waals surface area contributed by atoms with Crippen molar-refractivity contribution in [2.45, 2.75) is 64.8 Å². The zero-order valence-corrected chi connectivity index (χ0v) is 12.5. The normalized spacial score (nSPS) is 18.8. The van der Waals surface area contributed by atoms with Gasteiger partial charge in [-0.2, -0.15) is 0 Å². The highest BCUT2D eigenvalue weighted by Gasteiger charge is 2.40. The molecule has 0 unspecified atom stereocenters. The van der Waals surface area contributed by atoms with E-state index in [1.807, 2.05) is 0 Å². The molecule has 1 heteroatoms. The Morgan fingerprint density at radius 3 is 1.89 bits per heavy atom. The Kier molecular flexibility index (Phi) is 3.09. The smallest absolute Gasteiger partial charge is 0.0411 e. The molecular formula is C17H27N. The predicted octanol–water partition coefficient (Wildman–Crippen LogP) is 4.35. The monoisotopic (exact) mass is 245 g/mol. The van der Waals surface area contributed by atoms with Crippen LogP contribution >= 0.6 is 0 Å². The van der Waals surface area contributed by atoms with Crippen molar-refractivity contribution in [2.24, 2.45) is 11.1 Å². The van der Waals surface area contributed by atoms with Gasteiger partial charge in [0, 0.05) is 5.54 Å². The molecule has 1 aliphatic carbocycles. The first-order valence-corrected chi connectivity index (χ1v) is 7.02. The van der Waals surface area contributed by atoms with Crippen LogP contribution in [0.5, 0.6) is 0 Å². The molecule has 1 saturated carbocycles. The van der Waals surface area contributed by atoms with Crippen LogP contribution in [-0.2, 0) is 11.0 Å². The third-order valence-electron chi connectivity index (χ3n) is 4.00. The summed E-state index contributed by atoms with van der Waals surface area (Å²) in [5.74, 6) is 0. The number of rotatable bonds is 3. The van der Waals surface area contributed by atoms with Gasteiger partial charge in [-0.3, -0.25) is 0 Å². The third-order valence-corrected chi connectivity index (χ3v) is 4.00. The molecule has 0 radical (unpaired) electrons. The number of hydrogen-bond acceptors (Lipinski definition) is 1. The second kappa shape index (κ2) is 4.09. The zero-order chi connectivity index (χ0) is 13.6. The van der Waals surface area contributed by atoms with Crippen LogP contribution in [0.2, 0.25) is 0 Å². The van der Waals surface area contributed by atoms with Crippen molar-refractivity contribution < 1.29 is 0 Å². The molecule has 0 amide bonds. The molecule has 2 rings (SSSR count). The molecule has 0 spiro atoms. The van der Waals surface area contributed by atoms with Gasteiger partial charge in [0.2, 0.25) is 0 Å². The SMILES string of the molecule is CC(C)(C)CC(C)(C)c1ccc(C2(N)CC2)cc1. The average molecular weight is 245 g/mol. The maximum atomic E-state index is 6.23. The Hall–Kier alpha value is -0.820. The Bertz CT molecular complexity index is 416. The van der Waals surface area contributed by atoms with E-state index >= 15 is 0 Å². The second-order valence-electron chi connectivity index (χ2n) is 7.85. The summed E-state index contributed by atoms with van der Waals surface area (Å²) < 4.78 is 0. The molecule has 1 nitrogen and oxygen atoms in total. The van der Waals surface area contributed by atoms with Gasteiger partial charge in [-0.05, 0) is 41.2 Å².